The lowest BCUT2D eigenvalue weighted by Crippen LogP contribution is -2.45. The van der Waals surface area contributed by atoms with Crippen LogP contribution in [0.15, 0.2) is 30.3 Å². The number of hydrogen-bond donors (Lipinski definition) is 1. The third-order valence-electron chi connectivity index (χ3n) is 5.79. The van der Waals surface area contributed by atoms with E-state index in [9.17, 15) is 0 Å². The Kier molecular flexibility index (Phi) is 5.36. The van der Waals surface area contributed by atoms with Crippen molar-refractivity contribution in [2.24, 2.45) is 5.92 Å². The first kappa shape index (κ1) is 17.7. The Hall–Kier alpha value is -1.72. The maximum atomic E-state index is 4.84. The summed E-state index contributed by atoms with van der Waals surface area (Å²) in [6.45, 7) is 9.53. The largest absolute Gasteiger partial charge is 0.303 e. The highest BCUT2D eigenvalue weighted by Gasteiger charge is 2.35. The van der Waals surface area contributed by atoms with E-state index in [2.05, 4.69) is 46.0 Å². The molecule has 0 saturated carbocycles. The summed E-state index contributed by atoms with van der Waals surface area (Å²) in [6.07, 6.45) is 5.01. The van der Waals surface area contributed by atoms with Crippen molar-refractivity contribution in [2.75, 3.05) is 26.2 Å². The highest BCUT2D eigenvalue weighted by molar-refractivity contribution is 5.53. The van der Waals surface area contributed by atoms with Gasteiger partial charge in [0.15, 0.2) is 5.82 Å². The lowest BCUT2D eigenvalue weighted by Gasteiger charge is -2.39. The number of aromatic nitrogens is 3. The number of aromatic amines is 1. The van der Waals surface area contributed by atoms with E-state index in [0.717, 1.165) is 23.1 Å². The minimum absolute atomic E-state index is 0.404. The van der Waals surface area contributed by atoms with E-state index in [-0.39, 0.29) is 0 Å². The van der Waals surface area contributed by atoms with Crippen LogP contribution in [0, 0.1) is 5.92 Å². The fourth-order valence-corrected chi connectivity index (χ4v) is 4.61. The van der Waals surface area contributed by atoms with Gasteiger partial charge in [-0.15, -0.1) is 0 Å². The molecule has 140 valence electrons. The Morgan fingerprint density at radius 3 is 2.58 bits per heavy atom. The fourth-order valence-electron chi connectivity index (χ4n) is 4.61. The molecule has 1 aromatic carbocycles. The molecule has 26 heavy (non-hydrogen) atoms. The van der Waals surface area contributed by atoms with Crippen molar-refractivity contribution < 1.29 is 0 Å². The molecule has 1 aromatic heterocycles. The topological polar surface area (TPSA) is 48.1 Å². The number of piperidine rings is 1. The summed E-state index contributed by atoms with van der Waals surface area (Å²) >= 11 is 0. The summed E-state index contributed by atoms with van der Waals surface area (Å²) < 4.78 is 0. The molecule has 2 aliphatic heterocycles. The normalized spacial score (nSPS) is 23.1. The third kappa shape index (κ3) is 3.84. The Bertz CT molecular complexity index is 687. The molecule has 1 N–H and O–H groups in total. The number of rotatable bonds is 5. The predicted molar refractivity (Wildman–Crippen MR) is 105 cm³/mol. The maximum absolute atomic E-state index is 4.84. The van der Waals surface area contributed by atoms with Crippen LogP contribution >= 0.6 is 0 Å². The van der Waals surface area contributed by atoms with E-state index >= 15 is 0 Å². The highest BCUT2D eigenvalue weighted by atomic mass is 15.3. The van der Waals surface area contributed by atoms with Gasteiger partial charge in [0.2, 0.25) is 0 Å². The minimum atomic E-state index is 0.404. The summed E-state index contributed by atoms with van der Waals surface area (Å²) in [7, 11) is 0. The van der Waals surface area contributed by atoms with E-state index in [4.69, 9.17) is 4.98 Å². The third-order valence-corrected chi connectivity index (χ3v) is 5.79. The molecule has 3 heterocycles. The SMILES string of the molecule is CC(C)CN1CCC(N2CCC[C@H]2c2nc(-c3ccccc3)n[nH]2)CC1. The summed E-state index contributed by atoms with van der Waals surface area (Å²) in [4.78, 5) is 10.2. The second-order valence-electron chi connectivity index (χ2n) is 8.23. The Balaban J connectivity index is 1.42. The van der Waals surface area contributed by atoms with E-state index < -0.39 is 0 Å². The van der Waals surface area contributed by atoms with Gasteiger partial charge in [-0.3, -0.25) is 10.00 Å². The molecule has 0 aliphatic carbocycles. The van der Waals surface area contributed by atoms with Gasteiger partial charge in [0, 0.05) is 18.2 Å². The molecule has 0 spiro atoms. The summed E-state index contributed by atoms with van der Waals surface area (Å²) in [5.41, 5.74) is 1.08. The average Bonchev–Trinajstić information content (AvgIpc) is 3.32. The van der Waals surface area contributed by atoms with Gasteiger partial charge in [-0.2, -0.15) is 5.10 Å². The lowest BCUT2D eigenvalue weighted by molar-refractivity contribution is 0.0906. The van der Waals surface area contributed by atoms with Crippen LogP contribution in [-0.4, -0.2) is 57.2 Å². The monoisotopic (exact) mass is 353 g/mol. The molecule has 0 bridgehead atoms. The van der Waals surface area contributed by atoms with Crippen molar-refractivity contribution in [1.29, 1.82) is 0 Å². The molecule has 2 aromatic rings. The van der Waals surface area contributed by atoms with Gasteiger partial charge in [-0.05, 0) is 51.2 Å². The van der Waals surface area contributed by atoms with Gasteiger partial charge in [0.05, 0.1) is 6.04 Å². The van der Waals surface area contributed by atoms with E-state index in [0.29, 0.717) is 12.1 Å². The molecule has 0 radical (unpaired) electrons. The van der Waals surface area contributed by atoms with Crippen LogP contribution in [0.25, 0.3) is 11.4 Å². The molecular weight excluding hydrogens is 322 g/mol. The molecule has 2 fully saturated rings. The van der Waals surface area contributed by atoms with Gasteiger partial charge in [0.1, 0.15) is 5.82 Å². The van der Waals surface area contributed by atoms with Gasteiger partial charge in [0.25, 0.3) is 0 Å². The molecule has 4 rings (SSSR count). The fraction of sp³-hybridized carbons (Fsp3) is 0.619. The number of nitrogens with one attached hydrogen (secondary N) is 1. The van der Waals surface area contributed by atoms with Crippen molar-refractivity contribution in [3.8, 4) is 11.4 Å². The molecule has 5 nitrogen and oxygen atoms in total. The summed E-state index contributed by atoms with van der Waals surface area (Å²) in [5.74, 6) is 2.63. The van der Waals surface area contributed by atoms with E-state index in [1.165, 1.54) is 51.9 Å². The second-order valence-corrected chi connectivity index (χ2v) is 8.23. The van der Waals surface area contributed by atoms with Crippen molar-refractivity contribution in [1.82, 2.24) is 25.0 Å². The summed E-state index contributed by atoms with van der Waals surface area (Å²) in [5, 5.41) is 7.72. The Morgan fingerprint density at radius 2 is 1.85 bits per heavy atom. The van der Waals surface area contributed by atoms with Gasteiger partial charge in [-0.1, -0.05) is 44.2 Å². The molecule has 2 saturated heterocycles. The van der Waals surface area contributed by atoms with Crippen LogP contribution < -0.4 is 0 Å². The molecule has 5 heteroatoms. The molecule has 2 aliphatic rings. The molecule has 0 unspecified atom stereocenters. The van der Waals surface area contributed by atoms with E-state index in [1.54, 1.807) is 0 Å². The minimum Gasteiger partial charge on any atom is -0.303 e. The molecule has 0 amide bonds. The van der Waals surface area contributed by atoms with Crippen molar-refractivity contribution in [3.63, 3.8) is 0 Å². The van der Waals surface area contributed by atoms with Crippen LogP contribution in [0.2, 0.25) is 0 Å². The zero-order valence-electron chi connectivity index (χ0n) is 16.1. The molecule has 1 atom stereocenters. The summed E-state index contributed by atoms with van der Waals surface area (Å²) in [6, 6.07) is 11.4. The van der Waals surface area contributed by atoms with Crippen LogP contribution in [-0.2, 0) is 0 Å². The van der Waals surface area contributed by atoms with Crippen molar-refractivity contribution >= 4 is 0 Å². The van der Waals surface area contributed by atoms with Crippen molar-refractivity contribution in [2.45, 2.75) is 51.6 Å². The maximum Gasteiger partial charge on any atom is 0.181 e. The van der Waals surface area contributed by atoms with Crippen LogP contribution in [0.5, 0.6) is 0 Å². The van der Waals surface area contributed by atoms with Crippen molar-refractivity contribution in [3.05, 3.63) is 36.2 Å². The number of hydrogen-bond acceptors (Lipinski definition) is 4. The second kappa shape index (κ2) is 7.89. The number of likely N-dealkylation sites (tertiary alicyclic amines) is 2. The Morgan fingerprint density at radius 1 is 1.08 bits per heavy atom. The van der Waals surface area contributed by atoms with Gasteiger partial charge >= 0.3 is 0 Å². The zero-order valence-corrected chi connectivity index (χ0v) is 16.1. The smallest absolute Gasteiger partial charge is 0.181 e. The Labute approximate surface area is 156 Å². The van der Waals surface area contributed by atoms with E-state index in [1.807, 2.05) is 18.2 Å². The highest BCUT2D eigenvalue weighted by Crippen LogP contribution is 2.35. The molecular formula is C21H31N5. The lowest BCUT2D eigenvalue weighted by atomic mass is 10.0. The van der Waals surface area contributed by atoms with Crippen LogP contribution in [0.4, 0.5) is 0 Å². The van der Waals surface area contributed by atoms with Crippen LogP contribution in [0.1, 0.15) is 51.4 Å². The standard InChI is InChI=1S/C21H31N5/c1-16(2)15-25-13-10-18(11-14-25)26-12-6-9-19(26)21-22-20(23-24-21)17-7-4-3-5-8-17/h3-5,7-8,16,18-19H,6,9-15H2,1-2H3,(H,22,23,24)/t19-/m0/s1. The predicted octanol–water partition coefficient (Wildman–Crippen LogP) is 3.73. The first-order chi connectivity index (χ1) is 12.7. The number of nitrogens with zero attached hydrogens (tertiary/aromatic N) is 4. The van der Waals surface area contributed by atoms with Crippen LogP contribution in [0.3, 0.4) is 0 Å². The zero-order chi connectivity index (χ0) is 17.9. The first-order valence-corrected chi connectivity index (χ1v) is 10.2. The van der Waals surface area contributed by atoms with Gasteiger partial charge in [-0.25, -0.2) is 4.98 Å². The average molecular weight is 354 g/mol. The van der Waals surface area contributed by atoms with Gasteiger partial charge < -0.3 is 4.90 Å². The number of benzene rings is 1. The quantitative estimate of drug-likeness (QED) is 0.890. The number of H-pyrrole nitrogens is 1. The first-order valence-electron chi connectivity index (χ1n) is 10.2.